The number of rotatable bonds is 6. The summed E-state index contributed by atoms with van der Waals surface area (Å²) in [5.41, 5.74) is 0.292. The Bertz CT molecular complexity index is 642. The molecule has 124 valence electrons. The van der Waals surface area contributed by atoms with Crippen molar-refractivity contribution >= 4 is 15.9 Å². The van der Waals surface area contributed by atoms with Crippen LogP contribution in [0.2, 0.25) is 0 Å². The fraction of sp³-hybridized carbons (Fsp3) is 0.533. The first-order valence-corrected chi connectivity index (χ1v) is 8.79. The summed E-state index contributed by atoms with van der Waals surface area (Å²) in [5.74, 6) is -0.396. The highest BCUT2D eigenvalue weighted by atomic mass is 127. The van der Waals surface area contributed by atoms with E-state index in [0.717, 1.165) is 28.4 Å². The van der Waals surface area contributed by atoms with Gasteiger partial charge in [-0.2, -0.15) is 0 Å². The van der Waals surface area contributed by atoms with Crippen molar-refractivity contribution in [2.24, 2.45) is 0 Å². The SMILES string of the molecule is CC[N+](C)(CC)CCCN1C(=O)c2ccccc2S1(=O)=O.[I-]. The molecule has 1 aromatic carbocycles. The number of benzene rings is 1. The van der Waals surface area contributed by atoms with E-state index in [0.29, 0.717) is 12.0 Å². The third-order valence-corrected chi connectivity index (χ3v) is 6.34. The Balaban J connectivity index is 0.00000242. The Morgan fingerprint density at radius 3 is 2.27 bits per heavy atom. The predicted octanol–water partition coefficient (Wildman–Crippen LogP) is -1.29. The molecule has 0 spiro atoms. The van der Waals surface area contributed by atoms with Crippen LogP contribution >= 0.6 is 0 Å². The number of fused-ring (bicyclic) bond motifs is 1. The molecule has 1 amide bonds. The minimum Gasteiger partial charge on any atom is -1.00 e. The maximum Gasteiger partial charge on any atom is 0.269 e. The molecule has 0 saturated heterocycles. The third kappa shape index (κ3) is 3.46. The van der Waals surface area contributed by atoms with E-state index in [1.807, 2.05) is 0 Å². The summed E-state index contributed by atoms with van der Waals surface area (Å²) in [6.07, 6.45) is 0.678. The van der Waals surface area contributed by atoms with Crippen molar-refractivity contribution in [1.82, 2.24) is 4.31 Å². The Labute approximate surface area is 150 Å². The van der Waals surface area contributed by atoms with Gasteiger partial charge in [-0.15, -0.1) is 0 Å². The lowest BCUT2D eigenvalue weighted by molar-refractivity contribution is -0.906. The van der Waals surface area contributed by atoms with Crippen molar-refractivity contribution in [3.8, 4) is 0 Å². The van der Waals surface area contributed by atoms with Gasteiger partial charge in [0.2, 0.25) is 0 Å². The first-order valence-electron chi connectivity index (χ1n) is 7.35. The second-order valence-electron chi connectivity index (χ2n) is 5.71. The number of nitrogens with zero attached hydrogens (tertiary/aromatic N) is 2. The number of hydrogen-bond donors (Lipinski definition) is 0. The standard InChI is InChI=1S/C15H23N2O3S.HI/c1-4-17(3,5-2)12-8-11-16-15(18)13-9-6-7-10-14(13)21(16,19)20;/h6-7,9-10H,4-5,8,11-12H2,1-3H3;1H/q+1;/p-1. The van der Waals surface area contributed by atoms with Crippen LogP contribution in [0.4, 0.5) is 0 Å². The summed E-state index contributed by atoms with van der Waals surface area (Å²) in [5, 5.41) is 0. The van der Waals surface area contributed by atoms with Crippen LogP contribution in [0.3, 0.4) is 0 Å². The van der Waals surface area contributed by atoms with E-state index in [1.165, 1.54) is 6.07 Å². The highest BCUT2D eigenvalue weighted by molar-refractivity contribution is 7.90. The minimum absolute atomic E-state index is 0. The lowest BCUT2D eigenvalue weighted by atomic mass is 10.2. The topological polar surface area (TPSA) is 54.5 Å². The average Bonchev–Trinajstić information content (AvgIpc) is 2.68. The first kappa shape index (κ1) is 19.4. The molecule has 0 N–H and O–H groups in total. The van der Waals surface area contributed by atoms with Gasteiger partial charge in [-0.05, 0) is 26.0 Å². The minimum atomic E-state index is -3.65. The molecular formula is C15H23IN2O3S. The highest BCUT2D eigenvalue weighted by Gasteiger charge is 2.40. The molecular weight excluding hydrogens is 415 g/mol. The molecule has 1 aromatic rings. The molecule has 0 bridgehead atoms. The quantitative estimate of drug-likeness (QED) is 0.411. The van der Waals surface area contributed by atoms with Crippen molar-refractivity contribution in [3.05, 3.63) is 29.8 Å². The summed E-state index contributed by atoms with van der Waals surface area (Å²) in [6, 6.07) is 6.42. The van der Waals surface area contributed by atoms with Gasteiger partial charge < -0.3 is 28.5 Å². The number of sulfonamides is 1. The van der Waals surface area contributed by atoms with E-state index in [1.54, 1.807) is 18.2 Å². The van der Waals surface area contributed by atoms with Gasteiger partial charge in [0.1, 0.15) is 4.90 Å². The number of halogens is 1. The van der Waals surface area contributed by atoms with Crippen molar-refractivity contribution in [2.45, 2.75) is 25.2 Å². The molecule has 0 aliphatic carbocycles. The molecule has 0 aromatic heterocycles. The van der Waals surface area contributed by atoms with E-state index < -0.39 is 15.9 Å². The zero-order valence-corrected chi connectivity index (χ0v) is 16.2. The fourth-order valence-corrected chi connectivity index (χ4v) is 4.20. The summed E-state index contributed by atoms with van der Waals surface area (Å²) >= 11 is 0. The van der Waals surface area contributed by atoms with Gasteiger partial charge in [0.15, 0.2) is 0 Å². The van der Waals surface area contributed by atoms with Gasteiger partial charge in [-0.25, -0.2) is 12.7 Å². The fourth-order valence-electron chi connectivity index (χ4n) is 2.59. The largest absolute Gasteiger partial charge is 1.00 e. The molecule has 22 heavy (non-hydrogen) atoms. The average molecular weight is 438 g/mol. The summed E-state index contributed by atoms with van der Waals surface area (Å²) in [4.78, 5) is 12.4. The number of amides is 1. The monoisotopic (exact) mass is 438 g/mol. The van der Waals surface area contributed by atoms with Crippen LogP contribution < -0.4 is 24.0 Å². The van der Waals surface area contributed by atoms with Gasteiger partial charge in [0, 0.05) is 13.0 Å². The van der Waals surface area contributed by atoms with Crippen LogP contribution in [0.15, 0.2) is 29.2 Å². The molecule has 0 fully saturated rings. The molecule has 1 aliphatic heterocycles. The van der Waals surface area contributed by atoms with E-state index in [-0.39, 0.29) is 35.4 Å². The van der Waals surface area contributed by atoms with Crippen LogP contribution in [0, 0.1) is 0 Å². The van der Waals surface area contributed by atoms with E-state index in [9.17, 15) is 13.2 Å². The molecule has 2 rings (SSSR count). The summed E-state index contributed by atoms with van der Waals surface area (Å²) < 4.78 is 26.7. The van der Waals surface area contributed by atoms with E-state index >= 15 is 0 Å². The van der Waals surface area contributed by atoms with Crippen molar-refractivity contribution in [2.75, 3.05) is 33.2 Å². The maximum absolute atomic E-state index is 12.4. The number of carbonyl (C=O) groups excluding carboxylic acids is 1. The Morgan fingerprint density at radius 1 is 1.14 bits per heavy atom. The van der Waals surface area contributed by atoms with Crippen LogP contribution in [-0.4, -0.2) is 56.3 Å². The van der Waals surface area contributed by atoms with E-state index in [4.69, 9.17) is 0 Å². The Morgan fingerprint density at radius 2 is 1.73 bits per heavy atom. The molecule has 0 saturated carbocycles. The van der Waals surface area contributed by atoms with Crippen molar-refractivity contribution < 1.29 is 41.7 Å². The molecule has 7 heteroatoms. The number of carbonyl (C=O) groups is 1. The van der Waals surface area contributed by atoms with Crippen molar-refractivity contribution in [1.29, 1.82) is 0 Å². The van der Waals surface area contributed by atoms with Crippen LogP contribution in [0.25, 0.3) is 0 Å². The Hall–Kier alpha value is -0.670. The maximum atomic E-state index is 12.4. The Kier molecular flexibility index (Phi) is 6.40. The van der Waals surface area contributed by atoms with Crippen LogP contribution in [0.1, 0.15) is 30.6 Å². The highest BCUT2D eigenvalue weighted by Crippen LogP contribution is 2.29. The number of quaternary nitrogens is 1. The van der Waals surface area contributed by atoms with Gasteiger partial charge in [-0.1, -0.05) is 12.1 Å². The number of hydrogen-bond acceptors (Lipinski definition) is 3. The van der Waals surface area contributed by atoms with Crippen LogP contribution in [-0.2, 0) is 10.0 Å². The summed E-state index contributed by atoms with van der Waals surface area (Å²) in [6.45, 7) is 7.36. The lowest BCUT2D eigenvalue weighted by Gasteiger charge is -2.32. The van der Waals surface area contributed by atoms with Crippen LogP contribution in [0.5, 0.6) is 0 Å². The molecule has 5 nitrogen and oxygen atoms in total. The molecule has 0 unspecified atom stereocenters. The molecule has 1 heterocycles. The van der Waals surface area contributed by atoms with E-state index in [2.05, 4.69) is 20.9 Å². The lowest BCUT2D eigenvalue weighted by Crippen LogP contribution is -3.00. The molecule has 0 radical (unpaired) electrons. The summed E-state index contributed by atoms with van der Waals surface area (Å²) in [7, 11) is -1.50. The van der Waals surface area contributed by atoms with Crippen molar-refractivity contribution in [3.63, 3.8) is 0 Å². The molecule has 0 atom stereocenters. The van der Waals surface area contributed by atoms with Gasteiger partial charge in [0.25, 0.3) is 15.9 Å². The zero-order chi connectivity index (χ0) is 15.7. The third-order valence-electron chi connectivity index (χ3n) is 4.50. The normalized spacial score (nSPS) is 16.3. The van der Waals surface area contributed by atoms with Gasteiger partial charge >= 0.3 is 0 Å². The zero-order valence-electron chi connectivity index (χ0n) is 13.3. The second-order valence-corrected chi connectivity index (χ2v) is 7.54. The predicted molar refractivity (Wildman–Crippen MR) is 81.4 cm³/mol. The van der Waals surface area contributed by atoms with Gasteiger partial charge in [0.05, 0.1) is 32.2 Å². The molecule has 1 aliphatic rings. The first-order chi connectivity index (χ1) is 9.85. The second kappa shape index (κ2) is 7.27. The smallest absolute Gasteiger partial charge is 0.269 e. The van der Waals surface area contributed by atoms with Gasteiger partial charge in [-0.3, -0.25) is 4.79 Å².